The van der Waals surface area contributed by atoms with Crippen molar-refractivity contribution in [2.24, 2.45) is 0 Å². The van der Waals surface area contributed by atoms with Gasteiger partial charge in [0.25, 0.3) is 11.5 Å². The normalized spacial score (nSPS) is 10.9. The second-order valence-corrected chi connectivity index (χ2v) is 6.38. The molecular weight excluding hydrogens is 358 g/mol. The van der Waals surface area contributed by atoms with Crippen LogP contribution in [0.25, 0.3) is 10.9 Å². The number of hydrogen-bond acceptors (Lipinski definition) is 5. The van der Waals surface area contributed by atoms with E-state index in [1.165, 1.54) is 0 Å². The summed E-state index contributed by atoms with van der Waals surface area (Å²) in [5.41, 5.74) is 1.93. The van der Waals surface area contributed by atoms with E-state index in [0.717, 1.165) is 5.56 Å². The van der Waals surface area contributed by atoms with Crippen LogP contribution in [0.1, 0.15) is 21.7 Å². The number of hydrogen-bond donors (Lipinski definition) is 1. The Kier molecular flexibility index (Phi) is 6.52. The molecule has 0 aliphatic heterocycles. The van der Waals surface area contributed by atoms with Crippen LogP contribution in [-0.4, -0.2) is 48.1 Å². The minimum Gasteiger partial charge on any atom is -0.383 e. The molecule has 3 rings (SSSR count). The molecule has 2 aromatic carbocycles. The van der Waals surface area contributed by atoms with Gasteiger partial charge in [-0.25, -0.2) is 4.98 Å². The zero-order valence-electron chi connectivity index (χ0n) is 16.0. The maximum absolute atomic E-state index is 13.0. The highest BCUT2D eigenvalue weighted by atomic mass is 16.5. The van der Waals surface area contributed by atoms with Gasteiger partial charge in [-0.1, -0.05) is 24.3 Å². The Morgan fingerprint density at radius 3 is 2.54 bits per heavy atom. The number of aromatic nitrogens is 2. The van der Waals surface area contributed by atoms with Crippen LogP contribution >= 0.6 is 0 Å². The first kappa shape index (κ1) is 19.7. The van der Waals surface area contributed by atoms with Gasteiger partial charge < -0.3 is 19.4 Å². The Balaban J connectivity index is 1.85. The molecule has 0 aliphatic carbocycles. The summed E-state index contributed by atoms with van der Waals surface area (Å²) in [6.07, 6.45) is 0. The van der Waals surface area contributed by atoms with Crippen LogP contribution in [0.4, 0.5) is 0 Å². The molecule has 0 radical (unpaired) electrons. The van der Waals surface area contributed by atoms with E-state index in [4.69, 9.17) is 9.47 Å². The van der Waals surface area contributed by atoms with E-state index in [-0.39, 0.29) is 18.0 Å². The number of fused-ring (bicyclic) bond motifs is 1. The van der Waals surface area contributed by atoms with Crippen LogP contribution in [-0.2, 0) is 22.6 Å². The van der Waals surface area contributed by atoms with Gasteiger partial charge in [-0.3, -0.25) is 9.59 Å². The molecule has 0 bridgehead atoms. The van der Waals surface area contributed by atoms with Gasteiger partial charge in [0.1, 0.15) is 5.82 Å². The average molecular weight is 381 g/mol. The quantitative estimate of drug-likeness (QED) is 0.648. The number of H-pyrrole nitrogens is 1. The molecule has 0 saturated carbocycles. The van der Waals surface area contributed by atoms with Gasteiger partial charge in [-0.05, 0) is 29.8 Å². The summed E-state index contributed by atoms with van der Waals surface area (Å²) in [5.74, 6) is 0.279. The molecule has 7 heteroatoms. The average Bonchev–Trinajstić information content (AvgIpc) is 2.71. The molecule has 1 aromatic heterocycles. The molecule has 1 amide bonds. The molecular formula is C21H23N3O4. The van der Waals surface area contributed by atoms with Gasteiger partial charge in [0.05, 0.1) is 30.7 Å². The van der Waals surface area contributed by atoms with E-state index < -0.39 is 0 Å². The van der Waals surface area contributed by atoms with Crippen molar-refractivity contribution in [3.63, 3.8) is 0 Å². The number of benzene rings is 2. The van der Waals surface area contributed by atoms with Gasteiger partial charge in [0, 0.05) is 26.3 Å². The van der Waals surface area contributed by atoms with Crippen molar-refractivity contribution >= 4 is 16.8 Å². The molecule has 3 aromatic rings. The van der Waals surface area contributed by atoms with E-state index in [0.29, 0.717) is 42.0 Å². The lowest BCUT2D eigenvalue weighted by Gasteiger charge is -2.22. The minimum atomic E-state index is -0.219. The van der Waals surface area contributed by atoms with Crippen molar-refractivity contribution in [1.82, 2.24) is 14.9 Å². The fraction of sp³-hybridized carbons (Fsp3) is 0.286. The highest BCUT2D eigenvalue weighted by Crippen LogP contribution is 2.12. The van der Waals surface area contributed by atoms with Crippen LogP contribution < -0.4 is 5.56 Å². The van der Waals surface area contributed by atoms with E-state index in [2.05, 4.69) is 9.97 Å². The lowest BCUT2D eigenvalue weighted by Crippen LogP contribution is -2.34. The maximum atomic E-state index is 13.0. The summed E-state index contributed by atoms with van der Waals surface area (Å²) in [6.45, 7) is 1.43. The van der Waals surface area contributed by atoms with Crippen molar-refractivity contribution in [2.75, 3.05) is 27.4 Å². The van der Waals surface area contributed by atoms with Crippen molar-refractivity contribution in [1.29, 1.82) is 0 Å². The van der Waals surface area contributed by atoms with Crippen LogP contribution in [0.2, 0.25) is 0 Å². The molecule has 0 atom stereocenters. The van der Waals surface area contributed by atoms with E-state index in [1.807, 2.05) is 18.2 Å². The number of nitrogens with zero attached hydrogens (tertiary/aromatic N) is 2. The number of methoxy groups -OCH3 is 2. The van der Waals surface area contributed by atoms with Gasteiger partial charge in [0.15, 0.2) is 0 Å². The topological polar surface area (TPSA) is 84.5 Å². The minimum absolute atomic E-state index is 0.156. The second-order valence-electron chi connectivity index (χ2n) is 6.38. The number of ether oxygens (including phenoxy) is 2. The molecule has 7 nitrogen and oxygen atoms in total. The molecule has 1 heterocycles. The third-order valence-electron chi connectivity index (χ3n) is 4.37. The fourth-order valence-corrected chi connectivity index (χ4v) is 2.94. The van der Waals surface area contributed by atoms with Gasteiger partial charge >= 0.3 is 0 Å². The van der Waals surface area contributed by atoms with Gasteiger partial charge in [-0.15, -0.1) is 0 Å². The van der Waals surface area contributed by atoms with Crippen molar-refractivity contribution in [3.8, 4) is 0 Å². The Morgan fingerprint density at radius 1 is 1.07 bits per heavy atom. The second kappa shape index (κ2) is 9.25. The first-order valence-electron chi connectivity index (χ1n) is 8.96. The number of carbonyl (C=O) groups excluding carboxylic acids is 1. The van der Waals surface area contributed by atoms with Crippen molar-refractivity contribution in [3.05, 3.63) is 75.8 Å². The van der Waals surface area contributed by atoms with Crippen LogP contribution in [0, 0.1) is 0 Å². The van der Waals surface area contributed by atoms with Gasteiger partial charge in [-0.2, -0.15) is 0 Å². The highest BCUT2D eigenvalue weighted by molar-refractivity contribution is 5.94. The third-order valence-corrected chi connectivity index (χ3v) is 4.37. The zero-order chi connectivity index (χ0) is 19.9. The smallest absolute Gasteiger partial charge is 0.258 e. The Morgan fingerprint density at radius 2 is 1.82 bits per heavy atom. The molecule has 0 saturated heterocycles. The number of aromatic amines is 1. The predicted octanol–water partition coefficient (Wildman–Crippen LogP) is 2.36. The number of carbonyl (C=O) groups is 1. The highest BCUT2D eigenvalue weighted by Gasteiger charge is 2.17. The zero-order valence-corrected chi connectivity index (χ0v) is 16.0. The number of para-hydroxylation sites is 1. The lowest BCUT2D eigenvalue weighted by molar-refractivity contribution is 0.0675. The Hall–Kier alpha value is -3.03. The van der Waals surface area contributed by atoms with E-state index in [1.54, 1.807) is 49.5 Å². The summed E-state index contributed by atoms with van der Waals surface area (Å²) >= 11 is 0. The molecule has 0 unspecified atom stereocenters. The predicted molar refractivity (Wildman–Crippen MR) is 106 cm³/mol. The van der Waals surface area contributed by atoms with Crippen LogP contribution in [0.3, 0.4) is 0 Å². The van der Waals surface area contributed by atoms with Crippen LogP contribution in [0.15, 0.2) is 53.3 Å². The molecule has 1 N–H and O–H groups in total. The maximum Gasteiger partial charge on any atom is 0.258 e. The van der Waals surface area contributed by atoms with Gasteiger partial charge in [0.2, 0.25) is 0 Å². The van der Waals surface area contributed by atoms with E-state index >= 15 is 0 Å². The molecule has 146 valence electrons. The van der Waals surface area contributed by atoms with E-state index in [9.17, 15) is 9.59 Å². The molecule has 0 aliphatic rings. The summed E-state index contributed by atoms with van der Waals surface area (Å²) in [7, 11) is 3.21. The summed E-state index contributed by atoms with van der Waals surface area (Å²) in [4.78, 5) is 34.2. The first-order valence-corrected chi connectivity index (χ1v) is 8.96. The molecule has 0 spiro atoms. The number of amides is 1. The largest absolute Gasteiger partial charge is 0.383 e. The first-order chi connectivity index (χ1) is 13.6. The lowest BCUT2D eigenvalue weighted by atomic mass is 10.1. The Labute approximate surface area is 162 Å². The molecule has 28 heavy (non-hydrogen) atoms. The monoisotopic (exact) mass is 381 g/mol. The summed E-state index contributed by atoms with van der Waals surface area (Å²) in [5, 5.41) is 0.523. The number of rotatable bonds is 8. The third kappa shape index (κ3) is 4.62. The number of nitrogens with one attached hydrogen (secondary N) is 1. The summed E-state index contributed by atoms with van der Waals surface area (Å²) in [6, 6.07) is 14.4. The van der Waals surface area contributed by atoms with Crippen LogP contribution in [0.5, 0.6) is 0 Å². The SMILES string of the molecule is COCCN(Cc1nc2ccccc2c(=O)[nH]1)C(=O)c1ccc(COC)cc1. The van der Waals surface area contributed by atoms with Crippen molar-refractivity contribution < 1.29 is 14.3 Å². The standard InChI is InChI=1S/C21H23N3O4/c1-27-12-11-24(21(26)16-9-7-15(8-10-16)14-28-2)13-19-22-18-6-4-3-5-17(18)20(25)23-19/h3-10H,11-14H2,1-2H3,(H,22,23,25). The summed E-state index contributed by atoms with van der Waals surface area (Å²) < 4.78 is 10.2. The Bertz CT molecular complexity index is 998. The fourth-order valence-electron chi connectivity index (χ4n) is 2.94. The van der Waals surface area contributed by atoms with Crippen molar-refractivity contribution in [2.45, 2.75) is 13.2 Å². The molecule has 0 fully saturated rings.